The Morgan fingerprint density at radius 2 is 1.85 bits per heavy atom. The van der Waals surface area contributed by atoms with E-state index >= 15 is 0 Å². The molecular weight excluding hydrogens is 542 g/mol. The minimum absolute atomic E-state index is 0.0186. The van der Waals surface area contributed by atoms with Gasteiger partial charge in [-0.15, -0.1) is 0 Å². The highest BCUT2D eigenvalue weighted by Crippen LogP contribution is 2.40. The van der Waals surface area contributed by atoms with Crippen LogP contribution >= 0.6 is 11.6 Å². The number of ether oxygens (including phenoxy) is 1. The summed E-state index contributed by atoms with van der Waals surface area (Å²) >= 11 is 5.86. The number of halogens is 5. The van der Waals surface area contributed by atoms with Crippen LogP contribution in [0.5, 0.6) is 11.5 Å². The van der Waals surface area contributed by atoms with Crippen LogP contribution in [0.4, 0.5) is 17.6 Å². The van der Waals surface area contributed by atoms with Gasteiger partial charge in [-0.2, -0.15) is 13.2 Å². The standard InChI is InChI=1S/C27H26ClF4N3O4/c1-25(2,33)16-11-20(14-3-7-19(29)18(28)9-14)35-23(12-16)26(38,27(30,31)32)13-34-24(37)15-4-8-22(21(36)10-15)39-17-5-6-17/h3-4,7-12,17,36,38H,5-6,13,33H2,1-2H3,(H,34,37). The quantitative estimate of drug-likeness (QED) is 0.279. The number of aromatic hydroxyl groups is 1. The average Bonchev–Trinajstić information content (AvgIpc) is 3.68. The molecule has 5 N–H and O–H groups in total. The van der Waals surface area contributed by atoms with Crippen LogP contribution in [0.1, 0.15) is 48.3 Å². The molecule has 1 aliphatic carbocycles. The molecule has 2 aromatic carbocycles. The zero-order chi connectivity index (χ0) is 28.8. The highest BCUT2D eigenvalue weighted by molar-refractivity contribution is 6.31. The number of rotatable bonds is 8. The maximum absolute atomic E-state index is 14.4. The smallest absolute Gasteiger partial charge is 0.424 e. The van der Waals surface area contributed by atoms with Gasteiger partial charge in [0.25, 0.3) is 5.91 Å². The van der Waals surface area contributed by atoms with E-state index < -0.39 is 41.3 Å². The first kappa shape index (κ1) is 28.6. The number of pyridine rings is 1. The summed E-state index contributed by atoms with van der Waals surface area (Å²) in [5.74, 6) is -1.90. The molecule has 0 saturated heterocycles. The molecule has 208 valence electrons. The highest BCUT2D eigenvalue weighted by atomic mass is 35.5. The number of alkyl halides is 3. The summed E-state index contributed by atoms with van der Waals surface area (Å²) in [6, 6.07) is 9.60. The van der Waals surface area contributed by atoms with Gasteiger partial charge < -0.3 is 26.0 Å². The first-order chi connectivity index (χ1) is 18.1. The third-order valence-electron chi connectivity index (χ3n) is 6.22. The molecule has 12 heteroatoms. The van der Waals surface area contributed by atoms with Gasteiger partial charge in [-0.05, 0) is 80.8 Å². The van der Waals surface area contributed by atoms with E-state index in [0.717, 1.165) is 31.0 Å². The number of hydrogen-bond donors (Lipinski definition) is 4. The van der Waals surface area contributed by atoms with Gasteiger partial charge in [0.2, 0.25) is 5.60 Å². The van der Waals surface area contributed by atoms with E-state index in [9.17, 15) is 32.6 Å². The van der Waals surface area contributed by atoms with Crippen LogP contribution in [0, 0.1) is 5.82 Å². The van der Waals surface area contributed by atoms with E-state index in [4.69, 9.17) is 22.1 Å². The van der Waals surface area contributed by atoms with Gasteiger partial charge in [0, 0.05) is 16.7 Å². The number of nitrogens with two attached hydrogens (primary N) is 1. The van der Waals surface area contributed by atoms with Crippen LogP contribution in [-0.4, -0.2) is 39.9 Å². The highest BCUT2D eigenvalue weighted by Gasteiger charge is 2.56. The lowest BCUT2D eigenvalue weighted by Crippen LogP contribution is -2.51. The number of carbonyl (C=O) groups excluding carboxylic acids is 1. The van der Waals surface area contributed by atoms with Crippen molar-refractivity contribution in [2.75, 3.05) is 6.54 Å². The summed E-state index contributed by atoms with van der Waals surface area (Å²) < 4.78 is 62.3. The van der Waals surface area contributed by atoms with Crippen LogP contribution < -0.4 is 15.8 Å². The van der Waals surface area contributed by atoms with Gasteiger partial charge >= 0.3 is 6.18 Å². The van der Waals surface area contributed by atoms with E-state index in [2.05, 4.69) is 10.3 Å². The van der Waals surface area contributed by atoms with E-state index in [1.807, 2.05) is 0 Å². The zero-order valence-corrected chi connectivity index (χ0v) is 21.7. The summed E-state index contributed by atoms with van der Waals surface area (Å²) in [4.78, 5) is 16.7. The van der Waals surface area contributed by atoms with Gasteiger partial charge in [0.05, 0.1) is 29.1 Å². The Balaban J connectivity index is 1.69. The van der Waals surface area contributed by atoms with E-state index in [0.29, 0.717) is 0 Å². The minimum atomic E-state index is -5.29. The minimum Gasteiger partial charge on any atom is -0.504 e. The monoisotopic (exact) mass is 567 g/mol. The van der Waals surface area contributed by atoms with Gasteiger partial charge in [-0.1, -0.05) is 11.6 Å². The molecular formula is C27H26ClF4N3O4. The van der Waals surface area contributed by atoms with Crippen molar-refractivity contribution < 1.29 is 37.3 Å². The number of phenolic OH excluding ortho intramolecular Hbond substituents is 1. The van der Waals surface area contributed by atoms with Crippen molar-refractivity contribution >= 4 is 17.5 Å². The molecule has 1 unspecified atom stereocenters. The summed E-state index contributed by atoms with van der Waals surface area (Å²) in [5.41, 5.74) is 0.703. The fourth-order valence-electron chi connectivity index (χ4n) is 3.69. The molecule has 1 aliphatic rings. The summed E-state index contributed by atoms with van der Waals surface area (Å²) in [5, 5.41) is 22.9. The van der Waals surface area contributed by atoms with Crippen molar-refractivity contribution in [3.63, 3.8) is 0 Å². The molecule has 1 aromatic heterocycles. The van der Waals surface area contributed by atoms with Crippen molar-refractivity contribution in [2.24, 2.45) is 5.73 Å². The number of amides is 1. The summed E-state index contributed by atoms with van der Waals surface area (Å²) in [7, 11) is 0. The fourth-order valence-corrected chi connectivity index (χ4v) is 3.87. The van der Waals surface area contributed by atoms with Crippen molar-refractivity contribution in [3.8, 4) is 22.8 Å². The van der Waals surface area contributed by atoms with Crippen LogP contribution in [0.2, 0.25) is 5.02 Å². The maximum Gasteiger partial charge on any atom is 0.424 e. The second-order valence-electron chi connectivity index (χ2n) is 10.0. The van der Waals surface area contributed by atoms with Gasteiger partial charge in [0.1, 0.15) is 5.82 Å². The Morgan fingerprint density at radius 3 is 2.41 bits per heavy atom. The van der Waals surface area contributed by atoms with Crippen molar-refractivity contribution in [1.82, 2.24) is 10.3 Å². The summed E-state index contributed by atoms with van der Waals surface area (Å²) in [6.07, 6.45) is -3.63. The molecule has 4 rings (SSSR count). The number of aliphatic hydroxyl groups is 1. The largest absolute Gasteiger partial charge is 0.504 e. The maximum atomic E-state index is 14.4. The Labute approximate surface area is 226 Å². The van der Waals surface area contributed by atoms with E-state index in [-0.39, 0.29) is 45.0 Å². The second-order valence-corrected chi connectivity index (χ2v) is 10.4. The van der Waals surface area contributed by atoms with Crippen molar-refractivity contribution in [2.45, 2.75) is 50.1 Å². The molecule has 0 radical (unpaired) electrons. The number of nitrogens with zero attached hydrogens (tertiary/aromatic N) is 1. The Hall–Kier alpha value is -3.41. The Kier molecular flexibility index (Phi) is 7.54. The second kappa shape index (κ2) is 10.3. The third-order valence-corrected chi connectivity index (χ3v) is 6.51. The van der Waals surface area contributed by atoms with Crippen LogP contribution in [0.3, 0.4) is 0 Å². The van der Waals surface area contributed by atoms with Gasteiger partial charge in [0.15, 0.2) is 11.5 Å². The molecule has 0 aliphatic heterocycles. The van der Waals surface area contributed by atoms with Crippen molar-refractivity contribution in [3.05, 3.63) is 76.2 Å². The first-order valence-corrected chi connectivity index (χ1v) is 12.3. The molecule has 1 fully saturated rings. The number of phenols is 1. The van der Waals surface area contributed by atoms with Crippen molar-refractivity contribution in [1.29, 1.82) is 0 Å². The molecule has 39 heavy (non-hydrogen) atoms. The van der Waals surface area contributed by atoms with Crippen LogP contribution in [0.25, 0.3) is 11.3 Å². The molecule has 1 amide bonds. The summed E-state index contributed by atoms with van der Waals surface area (Å²) in [6.45, 7) is 1.79. The normalized spacial score (nSPS) is 15.5. The average molecular weight is 568 g/mol. The topological polar surface area (TPSA) is 118 Å². The molecule has 1 atom stereocenters. The lowest BCUT2D eigenvalue weighted by molar-refractivity contribution is -0.265. The molecule has 7 nitrogen and oxygen atoms in total. The predicted octanol–water partition coefficient (Wildman–Crippen LogP) is 5.16. The molecule has 1 saturated carbocycles. The molecule has 3 aromatic rings. The zero-order valence-electron chi connectivity index (χ0n) is 20.9. The number of benzene rings is 2. The number of nitrogens with one attached hydrogen (secondary N) is 1. The molecule has 0 spiro atoms. The van der Waals surface area contributed by atoms with Crippen LogP contribution in [0.15, 0.2) is 48.5 Å². The van der Waals surface area contributed by atoms with E-state index in [1.165, 1.54) is 30.3 Å². The van der Waals surface area contributed by atoms with Gasteiger partial charge in [-0.3, -0.25) is 4.79 Å². The SMILES string of the molecule is CC(C)(N)c1cc(-c2ccc(F)c(Cl)c2)nc(C(O)(CNC(=O)c2ccc(OC3CC3)c(O)c2)C(F)(F)F)c1. The molecule has 0 bridgehead atoms. The predicted molar refractivity (Wildman–Crippen MR) is 136 cm³/mol. The third kappa shape index (κ3) is 6.26. The molecule has 1 heterocycles. The first-order valence-electron chi connectivity index (χ1n) is 11.9. The van der Waals surface area contributed by atoms with Gasteiger partial charge in [-0.25, -0.2) is 9.37 Å². The van der Waals surface area contributed by atoms with Crippen LogP contribution in [-0.2, 0) is 11.1 Å². The number of aromatic nitrogens is 1. The lowest BCUT2D eigenvalue weighted by atomic mass is 9.89. The Bertz CT molecular complexity index is 1410. The Morgan fingerprint density at radius 1 is 1.15 bits per heavy atom. The fraction of sp³-hybridized carbons (Fsp3) is 0.333. The number of hydrogen-bond acceptors (Lipinski definition) is 6. The number of carbonyl (C=O) groups is 1. The lowest BCUT2D eigenvalue weighted by Gasteiger charge is -2.32. The van der Waals surface area contributed by atoms with E-state index in [1.54, 1.807) is 13.8 Å².